The van der Waals surface area contributed by atoms with Gasteiger partial charge in [-0.3, -0.25) is 4.79 Å². The summed E-state index contributed by atoms with van der Waals surface area (Å²) in [5, 5.41) is 3.25. The van der Waals surface area contributed by atoms with Crippen molar-refractivity contribution in [2.24, 2.45) is 5.92 Å². The van der Waals surface area contributed by atoms with Crippen molar-refractivity contribution in [3.63, 3.8) is 0 Å². The lowest BCUT2D eigenvalue weighted by Crippen LogP contribution is -2.25. The van der Waals surface area contributed by atoms with Gasteiger partial charge in [0.2, 0.25) is 0 Å². The lowest BCUT2D eigenvalue weighted by atomic mass is 10.00. The molecule has 2 heteroatoms. The van der Waals surface area contributed by atoms with Gasteiger partial charge in [-0.1, -0.05) is 26.7 Å². The molecule has 1 rings (SSSR count). The predicted molar refractivity (Wildman–Crippen MR) is 54.7 cm³/mol. The van der Waals surface area contributed by atoms with Gasteiger partial charge in [0.25, 0.3) is 0 Å². The van der Waals surface area contributed by atoms with Crippen LogP contribution in [0.2, 0.25) is 0 Å². The first-order valence-electron chi connectivity index (χ1n) is 5.47. The van der Waals surface area contributed by atoms with Gasteiger partial charge in [-0.2, -0.15) is 0 Å². The summed E-state index contributed by atoms with van der Waals surface area (Å²) in [4.78, 5) is 11.4. The number of hydrogen-bond acceptors (Lipinski definition) is 2. The molecule has 1 N–H and O–H groups in total. The zero-order chi connectivity index (χ0) is 9.68. The van der Waals surface area contributed by atoms with Crippen LogP contribution in [0.25, 0.3) is 0 Å². The Morgan fingerprint density at radius 1 is 1.54 bits per heavy atom. The van der Waals surface area contributed by atoms with Crippen LogP contribution in [0.1, 0.15) is 46.0 Å². The Bertz CT molecular complexity index is 163. The van der Waals surface area contributed by atoms with E-state index in [-0.39, 0.29) is 0 Å². The SMILES string of the molecule is CCCC(C)CC(=O)CNC1CC1. The van der Waals surface area contributed by atoms with E-state index in [1.165, 1.54) is 25.7 Å². The summed E-state index contributed by atoms with van der Waals surface area (Å²) in [7, 11) is 0. The van der Waals surface area contributed by atoms with Gasteiger partial charge >= 0.3 is 0 Å². The van der Waals surface area contributed by atoms with E-state index in [2.05, 4.69) is 19.2 Å². The number of carbonyl (C=O) groups is 1. The molecule has 0 aliphatic heterocycles. The molecule has 0 heterocycles. The van der Waals surface area contributed by atoms with Crippen LogP contribution in [0.15, 0.2) is 0 Å². The highest BCUT2D eigenvalue weighted by Crippen LogP contribution is 2.18. The van der Waals surface area contributed by atoms with Gasteiger partial charge in [0.05, 0.1) is 6.54 Å². The third-order valence-corrected chi connectivity index (χ3v) is 2.52. The van der Waals surface area contributed by atoms with Gasteiger partial charge in [0.1, 0.15) is 5.78 Å². The molecule has 1 atom stereocenters. The maximum Gasteiger partial charge on any atom is 0.146 e. The van der Waals surface area contributed by atoms with Crippen LogP contribution in [-0.4, -0.2) is 18.4 Å². The Morgan fingerprint density at radius 2 is 2.23 bits per heavy atom. The van der Waals surface area contributed by atoms with Crippen LogP contribution < -0.4 is 5.32 Å². The lowest BCUT2D eigenvalue weighted by Gasteiger charge is -2.08. The normalized spacial score (nSPS) is 18.6. The predicted octanol–water partition coefficient (Wildman–Crippen LogP) is 2.13. The van der Waals surface area contributed by atoms with Crippen molar-refractivity contribution in [1.82, 2.24) is 5.32 Å². The van der Waals surface area contributed by atoms with Crippen LogP contribution in [0.3, 0.4) is 0 Å². The third kappa shape index (κ3) is 5.04. The van der Waals surface area contributed by atoms with Gasteiger partial charge in [0.15, 0.2) is 0 Å². The summed E-state index contributed by atoms with van der Waals surface area (Å²) in [6, 6.07) is 0.658. The Morgan fingerprint density at radius 3 is 2.77 bits per heavy atom. The second-order valence-corrected chi connectivity index (χ2v) is 4.29. The standard InChI is InChI=1S/C11H21NO/c1-3-4-9(2)7-11(13)8-12-10-5-6-10/h9-10,12H,3-8H2,1-2H3. The van der Waals surface area contributed by atoms with E-state index in [0.29, 0.717) is 24.3 Å². The van der Waals surface area contributed by atoms with Crippen molar-refractivity contribution in [3.05, 3.63) is 0 Å². The fourth-order valence-corrected chi connectivity index (χ4v) is 1.60. The summed E-state index contributed by atoms with van der Waals surface area (Å²) >= 11 is 0. The highest BCUT2D eigenvalue weighted by molar-refractivity contribution is 5.80. The largest absolute Gasteiger partial charge is 0.307 e. The van der Waals surface area contributed by atoms with Crippen molar-refractivity contribution in [3.8, 4) is 0 Å². The fourth-order valence-electron chi connectivity index (χ4n) is 1.60. The third-order valence-electron chi connectivity index (χ3n) is 2.52. The molecule has 1 aliphatic rings. The van der Waals surface area contributed by atoms with Crippen molar-refractivity contribution in [2.75, 3.05) is 6.54 Å². The van der Waals surface area contributed by atoms with E-state index in [9.17, 15) is 4.79 Å². The number of hydrogen-bond donors (Lipinski definition) is 1. The first-order chi connectivity index (χ1) is 6.22. The average Bonchev–Trinajstić information content (AvgIpc) is 2.84. The van der Waals surface area contributed by atoms with Crippen molar-refractivity contribution in [1.29, 1.82) is 0 Å². The van der Waals surface area contributed by atoms with Crippen LogP contribution in [0.5, 0.6) is 0 Å². The molecule has 1 aliphatic carbocycles. The van der Waals surface area contributed by atoms with Crippen LogP contribution in [0.4, 0.5) is 0 Å². The highest BCUT2D eigenvalue weighted by Gasteiger charge is 2.21. The quantitative estimate of drug-likeness (QED) is 0.655. The zero-order valence-electron chi connectivity index (χ0n) is 8.81. The molecule has 0 bridgehead atoms. The molecule has 1 unspecified atom stereocenters. The number of rotatable bonds is 7. The van der Waals surface area contributed by atoms with Gasteiger partial charge < -0.3 is 5.32 Å². The molecule has 1 fully saturated rings. The van der Waals surface area contributed by atoms with Crippen LogP contribution in [0, 0.1) is 5.92 Å². The molecule has 0 saturated heterocycles. The Kier molecular flexibility index (Phi) is 4.43. The molecule has 0 aromatic heterocycles. The maximum atomic E-state index is 11.4. The van der Waals surface area contributed by atoms with Crippen LogP contribution >= 0.6 is 0 Å². The van der Waals surface area contributed by atoms with Crippen LogP contribution in [-0.2, 0) is 4.79 Å². The number of Topliss-reactive ketones (excluding diaryl/α,β-unsaturated/α-hetero) is 1. The average molecular weight is 183 g/mol. The van der Waals surface area contributed by atoms with E-state index >= 15 is 0 Å². The fraction of sp³-hybridized carbons (Fsp3) is 0.909. The molecule has 13 heavy (non-hydrogen) atoms. The van der Waals surface area contributed by atoms with E-state index in [4.69, 9.17) is 0 Å². The molecule has 1 saturated carbocycles. The summed E-state index contributed by atoms with van der Waals surface area (Å²) in [6.07, 6.45) is 5.64. The van der Waals surface area contributed by atoms with Gasteiger partial charge in [0, 0.05) is 12.5 Å². The summed E-state index contributed by atoms with van der Waals surface area (Å²) in [5.74, 6) is 0.950. The molecule has 0 aromatic rings. The smallest absolute Gasteiger partial charge is 0.146 e. The van der Waals surface area contributed by atoms with Crippen molar-refractivity contribution >= 4 is 5.78 Å². The Balaban J connectivity index is 2.01. The minimum atomic E-state index is 0.382. The van der Waals surface area contributed by atoms with E-state index in [1.54, 1.807) is 0 Å². The highest BCUT2D eigenvalue weighted by atomic mass is 16.1. The van der Waals surface area contributed by atoms with E-state index in [1.807, 2.05) is 0 Å². The Hall–Kier alpha value is -0.370. The van der Waals surface area contributed by atoms with Crippen molar-refractivity contribution < 1.29 is 4.79 Å². The molecule has 0 spiro atoms. The minimum Gasteiger partial charge on any atom is -0.307 e. The molecule has 0 amide bonds. The van der Waals surface area contributed by atoms with Gasteiger partial charge in [-0.15, -0.1) is 0 Å². The zero-order valence-corrected chi connectivity index (χ0v) is 8.81. The second-order valence-electron chi connectivity index (χ2n) is 4.29. The molecule has 2 nitrogen and oxygen atoms in total. The monoisotopic (exact) mass is 183 g/mol. The summed E-state index contributed by atoms with van der Waals surface area (Å²) in [6.45, 7) is 4.93. The maximum absolute atomic E-state index is 11.4. The van der Waals surface area contributed by atoms with Gasteiger partial charge in [-0.25, -0.2) is 0 Å². The molecular weight excluding hydrogens is 162 g/mol. The van der Waals surface area contributed by atoms with Crippen molar-refractivity contribution in [2.45, 2.75) is 52.0 Å². The Labute approximate surface area is 81.1 Å². The number of carbonyl (C=O) groups excluding carboxylic acids is 1. The number of nitrogens with one attached hydrogen (secondary N) is 1. The second kappa shape index (κ2) is 5.38. The number of ketones is 1. The summed E-state index contributed by atoms with van der Waals surface area (Å²) < 4.78 is 0. The molecule has 76 valence electrons. The van der Waals surface area contributed by atoms with Gasteiger partial charge in [-0.05, 0) is 18.8 Å². The topological polar surface area (TPSA) is 29.1 Å². The first kappa shape index (κ1) is 10.7. The van der Waals surface area contributed by atoms with E-state index in [0.717, 1.165) is 6.42 Å². The van der Waals surface area contributed by atoms with E-state index < -0.39 is 0 Å². The molecule has 0 aromatic carbocycles. The molecular formula is C11H21NO. The molecule has 0 radical (unpaired) electrons. The lowest BCUT2D eigenvalue weighted by molar-refractivity contribution is -0.119. The minimum absolute atomic E-state index is 0.382. The summed E-state index contributed by atoms with van der Waals surface area (Å²) in [5.41, 5.74) is 0. The first-order valence-corrected chi connectivity index (χ1v) is 5.47.